The zero-order valence-corrected chi connectivity index (χ0v) is 10.6. The van der Waals surface area contributed by atoms with Gasteiger partial charge in [-0.05, 0) is 25.0 Å². The van der Waals surface area contributed by atoms with Gasteiger partial charge in [-0.1, -0.05) is 19.1 Å². The summed E-state index contributed by atoms with van der Waals surface area (Å²) in [7, 11) is 0. The molecule has 0 aliphatic carbocycles. The van der Waals surface area contributed by atoms with Crippen molar-refractivity contribution in [1.82, 2.24) is 0 Å². The van der Waals surface area contributed by atoms with E-state index in [1.165, 1.54) is 0 Å². The van der Waals surface area contributed by atoms with Crippen LogP contribution in [0.3, 0.4) is 0 Å². The second kappa shape index (κ2) is 5.67. The molecule has 96 valence electrons. The number of rotatable bonds is 4. The number of benzene rings is 1. The Bertz CT molecular complexity index is 457. The molecule has 0 saturated carbocycles. The fraction of sp³-hybridized carbons (Fsp3) is 0.429. The summed E-state index contributed by atoms with van der Waals surface area (Å²) in [6.07, 6.45) is 2.80. The number of hydrogen-bond donors (Lipinski definition) is 1. The lowest BCUT2D eigenvalue weighted by atomic mass is 10.2. The number of hydrogen-bond acceptors (Lipinski definition) is 2. The maximum atomic E-state index is 11.8. The molecule has 18 heavy (non-hydrogen) atoms. The van der Waals surface area contributed by atoms with Crippen LogP contribution in [-0.4, -0.2) is 18.4 Å². The first kappa shape index (κ1) is 12.6. The second-order valence-corrected chi connectivity index (χ2v) is 4.46. The van der Waals surface area contributed by atoms with Crippen LogP contribution in [0.1, 0.15) is 32.6 Å². The molecule has 0 bridgehead atoms. The van der Waals surface area contributed by atoms with Crippen molar-refractivity contribution in [3.8, 4) is 0 Å². The van der Waals surface area contributed by atoms with Crippen LogP contribution in [-0.2, 0) is 9.59 Å². The van der Waals surface area contributed by atoms with Gasteiger partial charge < -0.3 is 10.2 Å². The van der Waals surface area contributed by atoms with Crippen molar-refractivity contribution in [2.75, 3.05) is 16.8 Å². The normalized spacial score (nSPS) is 14.9. The highest BCUT2D eigenvalue weighted by Crippen LogP contribution is 2.29. The molecule has 1 fully saturated rings. The summed E-state index contributed by atoms with van der Waals surface area (Å²) in [5, 5.41) is 2.88. The Morgan fingerprint density at radius 2 is 2.17 bits per heavy atom. The first-order chi connectivity index (χ1) is 8.72. The standard InChI is InChI=1S/C14H18N2O2/c1-2-6-13(17)15-11-7-3-4-8-12(11)16-10-5-9-14(16)18/h3-4,7-8H,2,5-6,9-10H2,1H3,(H,15,17). The smallest absolute Gasteiger partial charge is 0.227 e. The third kappa shape index (κ3) is 2.70. The molecular formula is C14H18N2O2. The van der Waals surface area contributed by atoms with Gasteiger partial charge in [0.2, 0.25) is 11.8 Å². The van der Waals surface area contributed by atoms with E-state index in [2.05, 4.69) is 5.32 Å². The molecule has 4 heteroatoms. The lowest BCUT2D eigenvalue weighted by Crippen LogP contribution is -2.25. The van der Waals surface area contributed by atoms with E-state index in [1.54, 1.807) is 4.90 Å². The van der Waals surface area contributed by atoms with E-state index in [0.29, 0.717) is 12.8 Å². The van der Waals surface area contributed by atoms with Crippen LogP contribution in [0.2, 0.25) is 0 Å². The van der Waals surface area contributed by atoms with Crippen molar-refractivity contribution in [2.24, 2.45) is 0 Å². The van der Waals surface area contributed by atoms with Crippen LogP contribution in [0.15, 0.2) is 24.3 Å². The van der Waals surface area contributed by atoms with Crippen LogP contribution >= 0.6 is 0 Å². The maximum absolute atomic E-state index is 11.8. The molecular weight excluding hydrogens is 228 g/mol. The maximum Gasteiger partial charge on any atom is 0.227 e. The predicted molar refractivity (Wildman–Crippen MR) is 71.6 cm³/mol. The van der Waals surface area contributed by atoms with Crippen LogP contribution < -0.4 is 10.2 Å². The summed E-state index contributed by atoms with van der Waals surface area (Å²) in [5.74, 6) is 0.129. The van der Waals surface area contributed by atoms with Crippen molar-refractivity contribution in [1.29, 1.82) is 0 Å². The molecule has 0 radical (unpaired) electrons. The van der Waals surface area contributed by atoms with Crippen LogP contribution in [0, 0.1) is 0 Å². The van der Waals surface area contributed by atoms with E-state index in [-0.39, 0.29) is 11.8 Å². The summed E-state index contributed by atoms with van der Waals surface area (Å²) < 4.78 is 0. The first-order valence-corrected chi connectivity index (χ1v) is 6.41. The Balaban J connectivity index is 2.20. The van der Waals surface area contributed by atoms with Crippen molar-refractivity contribution in [2.45, 2.75) is 32.6 Å². The van der Waals surface area contributed by atoms with Gasteiger partial charge in [-0.2, -0.15) is 0 Å². The third-order valence-electron chi connectivity index (χ3n) is 3.02. The molecule has 1 N–H and O–H groups in total. The number of anilines is 2. The monoisotopic (exact) mass is 246 g/mol. The number of carbonyl (C=O) groups is 2. The molecule has 0 unspecified atom stereocenters. The van der Waals surface area contributed by atoms with Crippen molar-refractivity contribution < 1.29 is 9.59 Å². The molecule has 0 atom stereocenters. The minimum atomic E-state index is -0.00315. The van der Waals surface area contributed by atoms with E-state index in [4.69, 9.17) is 0 Å². The SMILES string of the molecule is CCCC(=O)Nc1ccccc1N1CCCC1=O. The number of nitrogens with one attached hydrogen (secondary N) is 1. The van der Waals surface area contributed by atoms with Crippen molar-refractivity contribution >= 4 is 23.2 Å². The van der Waals surface area contributed by atoms with Gasteiger partial charge >= 0.3 is 0 Å². The Hall–Kier alpha value is -1.84. The zero-order valence-electron chi connectivity index (χ0n) is 10.6. The quantitative estimate of drug-likeness (QED) is 0.887. The van der Waals surface area contributed by atoms with Crippen LogP contribution in [0.5, 0.6) is 0 Å². The molecule has 4 nitrogen and oxygen atoms in total. The average molecular weight is 246 g/mol. The Kier molecular flexibility index (Phi) is 3.97. The van der Waals surface area contributed by atoms with E-state index in [1.807, 2.05) is 31.2 Å². The summed E-state index contributed by atoms with van der Waals surface area (Å²) >= 11 is 0. The molecule has 1 aliphatic rings. The van der Waals surface area contributed by atoms with E-state index >= 15 is 0 Å². The highest BCUT2D eigenvalue weighted by Gasteiger charge is 2.23. The lowest BCUT2D eigenvalue weighted by molar-refractivity contribution is -0.117. The van der Waals surface area contributed by atoms with Crippen molar-refractivity contribution in [3.05, 3.63) is 24.3 Å². The van der Waals surface area contributed by atoms with Gasteiger partial charge in [-0.15, -0.1) is 0 Å². The summed E-state index contributed by atoms with van der Waals surface area (Å²) in [5.41, 5.74) is 1.54. The molecule has 0 aromatic heterocycles. The molecule has 1 saturated heterocycles. The van der Waals surface area contributed by atoms with Crippen LogP contribution in [0.4, 0.5) is 11.4 Å². The summed E-state index contributed by atoms with van der Waals surface area (Å²) in [6.45, 7) is 2.70. The molecule has 0 spiro atoms. The van der Waals surface area contributed by atoms with Crippen molar-refractivity contribution in [3.63, 3.8) is 0 Å². The minimum absolute atomic E-state index is 0.00315. The number of amides is 2. The fourth-order valence-electron chi connectivity index (χ4n) is 2.16. The first-order valence-electron chi connectivity index (χ1n) is 6.41. The Labute approximate surface area is 107 Å². The van der Waals surface area contributed by atoms with E-state index in [9.17, 15) is 9.59 Å². The zero-order chi connectivity index (χ0) is 13.0. The van der Waals surface area contributed by atoms with Gasteiger partial charge in [0.1, 0.15) is 0 Å². The number of carbonyl (C=O) groups excluding carboxylic acids is 2. The molecule has 2 amide bonds. The average Bonchev–Trinajstić information content (AvgIpc) is 2.76. The molecule has 1 aliphatic heterocycles. The van der Waals surface area contributed by atoms with Gasteiger partial charge in [0.25, 0.3) is 0 Å². The number of para-hydroxylation sites is 2. The van der Waals surface area contributed by atoms with Crippen LogP contribution in [0.25, 0.3) is 0 Å². The van der Waals surface area contributed by atoms with Gasteiger partial charge in [-0.3, -0.25) is 9.59 Å². The summed E-state index contributed by atoms with van der Waals surface area (Å²) in [6, 6.07) is 7.47. The minimum Gasteiger partial charge on any atom is -0.324 e. The molecule has 1 aromatic carbocycles. The topological polar surface area (TPSA) is 49.4 Å². The highest BCUT2D eigenvalue weighted by atomic mass is 16.2. The highest BCUT2D eigenvalue weighted by molar-refractivity contribution is 6.01. The molecule has 1 aromatic rings. The van der Waals surface area contributed by atoms with E-state index in [0.717, 1.165) is 30.8 Å². The van der Waals surface area contributed by atoms with E-state index < -0.39 is 0 Å². The van der Waals surface area contributed by atoms with Gasteiger partial charge in [0.05, 0.1) is 11.4 Å². The Morgan fingerprint density at radius 3 is 2.83 bits per heavy atom. The second-order valence-electron chi connectivity index (χ2n) is 4.46. The molecule has 2 rings (SSSR count). The fourth-order valence-corrected chi connectivity index (χ4v) is 2.16. The van der Waals surface area contributed by atoms with Gasteiger partial charge in [0, 0.05) is 19.4 Å². The largest absolute Gasteiger partial charge is 0.324 e. The lowest BCUT2D eigenvalue weighted by Gasteiger charge is -2.19. The Morgan fingerprint density at radius 1 is 1.39 bits per heavy atom. The van der Waals surface area contributed by atoms with Gasteiger partial charge in [-0.25, -0.2) is 0 Å². The van der Waals surface area contributed by atoms with Gasteiger partial charge in [0.15, 0.2) is 0 Å². The third-order valence-corrected chi connectivity index (χ3v) is 3.02. The number of nitrogens with zero attached hydrogens (tertiary/aromatic N) is 1. The molecule has 1 heterocycles. The predicted octanol–water partition coefficient (Wildman–Crippen LogP) is 2.55. The summed E-state index contributed by atoms with van der Waals surface area (Å²) in [4.78, 5) is 25.1.